The van der Waals surface area contributed by atoms with E-state index >= 15 is 0 Å². The predicted molar refractivity (Wildman–Crippen MR) is 98.7 cm³/mol. The number of nitrogens with two attached hydrogens (primary N) is 1. The summed E-state index contributed by atoms with van der Waals surface area (Å²) >= 11 is 0. The number of morpholine rings is 1. The van der Waals surface area contributed by atoms with Crippen molar-refractivity contribution >= 4 is 16.0 Å². The summed E-state index contributed by atoms with van der Waals surface area (Å²) in [5, 5.41) is 9.45. The lowest BCUT2D eigenvalue weighted by molar-refractivity contribution is -0.155. The highest BCUT2D eigenvalue weighted by molar-refractivity contribution is 7.89. The van der Waals surface area contributed by atoms with E-state index in [9.17, 15) is 18.3 Å². The second kappa shape index (κ2) is 8.71. The summed E-state index contributed by atoms with van der Waals surface area (Å²) in [5.74, 6) is 4.71. The number of rotatable bonds is 5. The average molecular weight is 396 g/mol. The molecule has 1 saturated heterocycles. The van der Waals surface area contributed by atoms with Gasteiger partial charge < -0.3 is 20.3 Å². The summed E-state index contributed by atoms with van der Waals surface area (Å²) in [5.41, 5.74) is 5.51. The Bertz CT molecular complexity index is 826. The van der Waals surface area contributed by atoms with Crippen molar-refractivity contribution in [2.24, 2.45) is 5.73 Å². The fraction of sp³-hybridized carbons (Fsp3) is 0.500. The molecule has 0 radical (unpaired) electrons. The third-order valence-corrected chi connectivity index (χ3v) is 5.82. The molecule has 1 aliphatic rings. The van der Waals surface area contributed by atoms with Gasteiger partial charge in [0.2, 0.25) is 10.0 Å². The zero-order valence-electron chi connectivity index (χ0n) is 15.5. The lowest BCUT2D eigenvalue weighted by atomic mass is 10.1. The van der Waals surface area contributed by atoms with Gasteiger partial charge in [-0.25, -0.2) is 8.42 Å². The highest BCUT2D eigenvalue weighted by Gasteiger charge is 2.44. The number of aliphatic carboxylic acids is 1. The van der Waals surface area contributed by atoms with Gasteiger partial charge in [0.05, 0.1) is 23.1 Å². The van der Waals surface area contributed by atoms with Gasteiger partial charge in [0.15, 0.2) is 0 Å². The molecule has 0 aliphatic carbocycles. The molecule has 1 fully saturated rings. The largest absolute Gasteiger partial charge is 0.481 e. The smallest absolute Gasteiger partial charge is 0.324 e. The molecule has 4 unspecified atom stereocenters. The van der Waals surface area contributed by atoms with E-state index in [0.717, 1.165) is 4.31 Å². The van der Waals surface area contributed by atoms with Crippen molar-refractivity contribution in [2.75, 3.05) is 13.2 Å². The highest BCUT2D eigenvalue weighted by atomic mass is 32.2. The number of carboxylic acid groups (broad SMARTS) is 1. The number of nitrogens with zero attached hydrogens (tertiary/aromatic N) is 1. The molecule has 1 heterocycles. The molecule has 0 bridgehead atoms. The molecule has 3 N–H and O–H groups in total. The van der Waals surface area contributed by atoms with Crippen LogP contribution in [0.3, 0.4) is 0 Å². The van der Waals surface area contributed by atoms with Gasteiger partial charge in [-0.2, -0.15) is 4.31 Å². The summed E-state index contributed by atoms with van der Waals surface area (Å²) in [4.78, 5) is 11.6. The highest BCUT2D eigenvalue weighted by Crippen LogP contribution is 2.27. The summed E-state index contributed by atoms with van der Waals surface area (Å²) < 4.78 is 37.8. The number of carbonyl (C=O) groups is 1. The Hall–Kier alpha value is -2.12. The zero-order chi connectivity index (χ0) is 20.2. The molecule has 8 nitrogen and oxygen atoms in total. The third-order valence-electron chi connectivity index (χ3n) is 3.96. The lowest BCUT2D eigenvalue weighted by Crippen LogP contribution is -2.58. The van der Waals surface area contributed by atoms with E-state index in [1.165, 1.54) is 24.3 Å². The quantitative estimate of drug-likeness (QED) is 0.702. The standard InChI is InChI=1S/C18H24N2O6S/c1-12(19)5-4-10-25-15-6-8-16(9-7-15)27(23,24)20-11-13(2)26-14(3)17(20)18(21)22/h6-9,12-14,17H,10-11,19H2,1-3H3,(H,21,22). The van der Waals surface area contributed by atoms with Crippen LogP contribution in [0, 0.1) is 11.8 Å². The molecule has 1 aromatic carbocycles. The minimum Gasteiger partial charge on any atom is -0.481 e. The number of benzene rings is 1. The number of hydrogen-bond donors (Lipinski definition) is 2. The second-order valence-corrected chi connectivity index (χ2v) is 8.27. The van der Waals surface area contributed by atoms with Crippen molar-refractivity contribution in [1.82, 2.24) is 4.31 Å². The minimum absolute atomic E-state index is 0.0101. The van der Waals surface area contributed by atoms with E-state index < -0.39 is 34.2 Å². The van der Waals surface area contributed by atoms with Gasteiger partial charge in [0.25, 0.3) is 0 Å². The predicted octanol–water partition coefficient (Wildman–Crippen LogP) is 0.667. The second-order valence-electron chi connectivity index (χ2n) is 6.38. The van der Waals surface area contributed by atoms with Crippen molar-refractivity contribution in [3.8, 4) is 17.6 Å². The molecule has 0 aromatic heterocycles. The minimum atomic E-state index is -4.00. The number of carboxylic acids is 1. The van der Waals surface area contributed by atoms with Crippen LogP contribution in [0.5, 0.6) is 5.75 Å². The van der Waals surface area contributed by atoms with E-state index in [1.54, 1.807) is 20.8 Å². The number of ether oxygens (including phenoxy) is 2. The number of sulfonamides is 1. The fourth-order valence-electron chi connectivity index (χ4n) is 2.82. The van der Waals surface area contributed by atoms with Crippen LogP contribution < -0.4 is 10.5 Å². The molecule has 0 spiro atoms. The molecule has 2 rings (SSSR count). The Balaban J connectivity index is 2.20. The van der Waals surface area contributed by atoms with Crippen molar-refractivity contribution in [3.05, 3.63) is 24.3 Å². The lowest BCUT2D eigenvalue weighted by Gasteiger charge is -2.39. The summed E-state index contributed by atoms with van der Waals surface area (Å²) in [7, 11) is -4.00. The van der Waals surface area contributed by atoms with Crippen molar-refractivity contribution < 1.29 is 27.8 Å². The molecule has 1 aliphatic heterocycles. The molecular formula is C18H24N2O6S. The van der Waals surface area contributed by atoms with Crippen molar-refractivity contribution in [1.29, 1.82) is 0 Å². The normalized spacial score (nSPS) is 24.5. The Kier molecular flexibility index (Phi) is 6.84. The van der Waals surface area contributed by atoms with E-state index in [1.807, 2.05) is 0 Å². The maximum atomic E-state index is 13.0. The van der Waals surface area contributed by atoms with Crippen LogP contribution in [0.4, 0.5) is 0 Å². The van der Waals surface area contributed by atoms with E-state index in [0.29, 0.717) is 5.75 Å². The molecule has 148 valence electrons. The first-order valence-electron chi connectivity index (χ1n) is 8.50. The first-order valence-corrected chi connectivity index (χ1v) is 9.94. The molecule has 4 atom stereocenters. The van der Waals surface area contributed by atoms with Gasteiger partial charge >= 0.3 is 5.97 Å². The van der Waals surface area contributed by atoms with Crippen LogP contribution in [0.25, 0.3) is 0 Å². The molecular weight excluding hydrogens is 372 g/mol. The van der Waals surface area contributed by atoms with Crippen LogP contribution in [0.15, 0.2) is 29.2 Å². The van der Waals surface area contributed by atoms with Crippen LogP contribution in [0.1, 0.15) is 20.8 Å². The van der Waals surface area contributed by atoms with Crippen molar-refractivity contribution in [3.63, 3.8) is 0 Å². The van der Waals surface area contributed by atoms with E-state index in [2.05, 4.69) is 11.8 Å². The zero-order valence-corrected chi connectivity index (χ0v) is 16.3. The Morgan fingerprint density at radius 2 is 2.04 bits per heavy atom. The van der Waals surface area contributed by atoms with Crippen molar-refractivity contribution in [2.45, 2.75) is 50.0 Å². The molecule has 0 saturated carbocycles. The fourth-order valence-corrected chi connectivity index (χ4v) is 4.54. The van der Waals surface area contributed by atoms with Gasteiger partial charge in [-0.05, 0) is 45.0 Å². The Morgan fingerprint density at radius 1 is 1.41 bits per heavy atom. The van der Waals surface area contributed by atoms with Crippen LogP contribution >= 0.6 is 0 Å². The molecule has 0 amide bonds. The third kappa shape index (κ3) is 5.20. The Morgan fingerprint density at radius 3 is 2.59 bits per heavy atom. The summed E-state index contributed by atoms with van der Waals surface area (Å²) in [6, 6.07) is 4.24. The van der Waals surface area contributed by atoms with Gasteiger partial charge in [-0.15, -0.1) is 0 Å². The monoisotopic (exact) mass is 396 g/mol. The topological polar surface area (TPSA) is 119 Å². The maximum absolute atomic E-state index is 13.0. The van der Waals surface area contributed by atoms with Gasteiger partial charge in [0, 0.05) is 6.54 Å². The maximum Gasteiger partial charge on any atom is 0.324 e. The first kappa shape index (κ1) is 21.2. The average Bonchev–Trinajstić information content (AvgIpc) is 2.58. The number of hydrogen-bond acceptors (Lipinski definition) is 6. The Labute approximate surface area is 159 Å². The molecule has 1 aromatic rings. The molecule has 27 heavy (non-hydrogen) atoms. The SMILES string of the molecule is CC(N)C#CCOc1ccc(S(=O)(=O)N2CC(C)OC(C)C2C(=O)O)cc1. The van der Waals surface area contributed by atoms with Gasteiger partial charge in [0.1, 0.15) is 18.4 Å². The van der Waals surface area contributed by atoms with Crippen LogP contribution in [0.2, 0.25) is 0 Å². The first-order chi connectivity index (χ1) is 12.6. The van der Waals surface area contributed by atoms with Crippen LogP contribution in [-0.4, -0.2) is 61.2 Å². The summed E-state index contributed by atoms with van der Waals surface area (Å²) in [6.07, 6.45) is -1.16. The summed E-state index contributed by atoms with van der Waals surface area (Å²) in [6.45, 7) is 5.11. The van der Waals surface area contributed by atoms with Crippen LogP contribution in [-0.2, 0) is 19.6 Å². The molecule has 9 heteroatoms. The van der Waals surface area contributed by atoms with E-state index in [-0.39, 0.29) is 24.1 Å². The van der Waals surface area contributed by atoms with Gasteiger partial charge in [-0.3, -0.25) is 4.79 Å². The van der Waals surface area contributed by atoms with Gasteiger partial charge in [-0.1, -0.05) is 11.8 Å². The van der Waals surface area contributed by atoms with E-state index in [4.69, 9.17) is 15.2 Å².